The molecule has 0 spiro atoms. The lowest BCUT2D eigenvalue weighted by Gasteiger charge is -1.89. The minimum absolute atomic E-state index is 0.529. The maximum Gasteiger partial charge on any atom is 0.396 e. The summed E-state index contributed by atoms with van der Waals surface area (Å²) < 4.78 is 30.2. The molecular weight excluding hydrogens is 119 g/mol. The molecule has 0 saturated carbocycles. The van der Waals surface area contributed by atoms with Crippen LogP contribution >= 0.6 is 0 Å². The van der Waals surface area contributed by atoms with Crippen LogP contribution in [0.2, 0.25) is 0 Å². The molecule has 0 saturated heterocycles. The van der Waals surface area contributed by atoms with Gasteiger partial charge in [0.05, 0.1) is 0 Å². The van der Waals surface area contributed by atoms with Crippen LogP contribution in [0.15, 0.2) is 0 Å². The lowest BCUT2D eigenvalue weighted by atomic mass is 10.2. The minimum Gasteiger partial charge on any atom is -0.264 e. The first-order valence-corrected chi connectivity index (χ1v) is 2.74. The molecule has 0 aromatic carbocycles. The van der Waals surface area contributed by atoms with E-state index >= 15 is 0 Å². The zero-order chi connectivity index (χ0) is 5.91. The van der Waals surface area contributed by atoms with E-state index in [1.165, 1.54) is 0 Å². The highest BCUT2D eigenvalue weighted by Gasteiger charge is 1.97. The van der Waals surface area contributed by atoms with Crippen molar-refractivity contribution in [3.05, 3.63) is 0 Å². The highest BCUT2D eigenvalue weighted by atomic mass is 32.3. The van der Waals surface area contributed by atoms with Crippen molar-refractivity contribution in [3.63, 3.8) is 0 Å². The Kier molecular flexibility index (Phi) is 2.27. The molecule has 0 amide bonds. The largest absolute Gasteiger partial charge is 0.396 e. The molecule has 0 aromatic rings. The monoisotopic (exact) mass is 122 g/mol. The predicted molar refractivity (Wildman–Crippen MR) is 23.3 cm³/mol. The molecule has 4 nitrogen and oxygen atoms in total. The van der Waals surface area contributed by atoms with E-state index in [2.05, 4.69) is 12.0 Å². The van der Waals surface area contributed by atoms with Crippen LogP contribution in [0.4, 0.5) is 0 Å². The van der Waals surface area contributed by atoms with Gasteiger partial charge in [-0.15, -0.1) is 0 Å². The van der Waals surface area contributed by atoms with Crippen molar-refractivity contribution in [2.75, 3.05) is 6.51 Å². The Labute approximate surface area is 42.8 Å². The maximum atomic E-state index is 9.48. The lowest BCUT2D eigenvalue weighted by molar-refractivity contribution is 0.310. The first-order chi connectivity index (χ1) is 3.06. The molecule has 0 unspecified atom stereocenters. The molecule has 0 aromatic heterocycles. The highest BCUT2D eigenvalue weighted by molar-refractivity contribution is 7.80. The van der Waals surface area contributed by atoms with Gasteiger partial charge in [0.1, 0.15) is 7.85 Å². The van der Waals surface area contributed by atoms with E-state index < -0.39 is 16.9 Å². The van der Waals surface area contributed by atoms with Crippen LogP contribution in [0.1, 0.15) is 0 Å². The third-order valence-electron chi connectivity index (χ3n) is 0.217. The second-order valence-corrected chi connectivity index (χ2v) is 1.80. The van der Waals surface area contributed by atoms with Crippen molar-refractivity contribution >= 4 is 18.2 Å². The maximum absolute atomic E-state index is 9.48. The quantitative estimate of drug-likeness (QED) is 0.374. The normalized spacial score (nSPS) is 11.6. The first kappa shape index (κ1) is 6.93. The Hall–Kier alpha value is -0.0651. The summed E-state index contributed by atoms with van der Waals surface area (Å²) in [5, 5.41) is 0. The third-order valence-corrected chi connectivity index (χ3v) is 0.651. The van der Waals surface area contributed by atoms with Gasteiger partial charge in [0, 0.05) is 6.51 Å². The van der Waals surface area contributed by atoms with E-state index in [0.29, 0.717) is 0 Å². The van der Waals surface area contributed by atoms with Crippen LogP contribution in [-0.4, -0.2) is 27.3 Å². The van der Waals surface area contributed by atoms with Crippen molar-refractivity contribution < 1.29 is 17.2 Å². The Morgan fingerprint density at radius 1 is 1.71 bits per heavy atom. The average molecular weight is 122 g/mol. The Morgan fingerprint density at radius 2 is 2.14 bits per heavy atom. The van der Waals surface area contributed by atoms with Gasteiger partial charge < -0.3 is 0 Å². The highest BCUT2D eigenvalue weighted by Crippen LogP contribution is 1.79. The van der Waals surface area contributed by atoms with Crippen LogP contribution in [0.5, 0.6) is 0 Å². The molecule has 0 aliphatic carbocycles. The van der Waals surface area contributed by atoms with E-state index in [0.717, 1.165) is 0 Å². The molecule has 2 radical (unpaired) electrons. The standard InChI is InChI=1S/CH3BO4S/c2-1-6-7(3,4)5/h1H2,(H,3,4,5). The van der Waals surface area contributed by atoms with Gasteiger partial charge in [-0.1, -0.05) is 0 Å². The molecule has 0 aliphatic rings. The summed E-state index contributed by atoms with van der Waals surface area (Å²) in [6.07, 6.45) is 0. The van der Waals surface area contributed by atoms with Gasteiger partial charge in [0.2, 0.25) is 0 Å². The van der Waals surface area contributed by atoms with E-state index in [-0.39, 0.29) is 0 Å². The Balaban J connectivity index is 3.60. The van der Waals surface area contributed by atoms with Crippen LogP contribution in [-0.2, 0) is 14.6 Å². The van der Waals surface area contributed by atoms with Gasteiger partial charge in [0.15, 0.2) is 0 Å². The number of hydrogen-bond donors (Lipinski definition) is 1. The van der Waals surface area contributed by atoms with Crippen LogP contribution in [0.3, 0.4) is 0 Å². The molecule has 7 heavy (non-hydrogen) atoms. The second kappa shape index (κ2) is 2.30. The van der Waals surface area contributed by atoms with E-state index in [9.17, 15) is 8.42 Å². The third kappa shape index (κ3) is 5.93. The van der Waals surface area contributed by atoms with Crippen molar-refractivity contribution in [2.24, 2.45) is 0 Å². The summed E-state index contributed by atoms with van der Waals surface area (Å²) in [5.74, 6) is 0. The van der Waals surface area contributed by atoms with Crippen molar-refractivity contribution in [1.29, 1.82) is 0 Å². The topological polar surface area (TPSA) is 63.6 Å². The molecule has 6 heteroatoms. The predicted octanol–water partition coefficient (Wildman–Crippen LogP) is -1.07. The summed E-state index contributed by atoms with van der Waals surface area (Å²) in [6.45, 7) is -0.529. The van der Waals surface area contributed by atoms with Crippen LogP contribution in [0, 0.1) is 0 Å². The molecule has 0 aliphatic heterocycles. The van der Waals surface area contributed by atoms with Gasteiger partial charge in [0.25, 0.3) is 0 Å². The van der Waals surface area contributed by atoms with Gasteiger partial charge in [-0.2, -0.15) is 8.42 Å². The zero-order valence-electron chi connectivity index (χ0n) is 3.36. The minimum atomic E-state index is -4.30. The Bertz CT molecular complexity index is 125. The van der Waals surface area contributed by atoms with Gasteiger partial charge in [-0.05, 0) is 0 Å². The van der Waals surface area contributed by atoms with Crippen molar-refractivity contribution in [1.82, 2.24) is 0 Å². The summed E-state index contributed by atoms with van der Waals surface area (Å²) in [6, 6.07) is 0. The molecule has 0 atom stereocenters. The lowest BCUT2D eigenvalue weighted by Crippen LogP contribution is -2.03. The van der Waals surface area contributed by atoms with E-state index in [1.54, 1.807) is 0 Å². The molecule has 0 fully saturated rings. The summed E-state index contributed by atoms with van der Waals surface area (Å²) in [5.41, 5.74) is 0. The van der Waals surface area contributed by atoms with Crippen molar-refractivity contribution in [2.45, 2.75) is 0 Å². The average Bonchev–Trinajstić information content (AvgIpc) is 1.30. The molecular formula is CH3BO4S. The van der Waals surface area contributed by atoms with Gasteiger partial charge >= 0.3 is 10.4 Å². The zero-order valence-corrected chi connectivity index (χ0v) is 4.18. The molecule has 0 heterocycles. The number of hydrogen-bond acceptors (Lipinski definition) is 3. The van der Waals surface area contributed by atoms with Crippen LogP contribution in [0.25, 0.3) is 0 Å². The molecule has 0 bridgehead atoms. The van der Waals surface area contributed by atoms with Gasteiger partial charge in [-0.25, -0.2) is 0 Å². The second-order valence-electron chi connectivity index (χ2n) is 0.712. The summed E-state index contributed by atoms with van der Waals surface area (Å²) in [7, 11) is 0.254. The Morgan fingerprint density at radius 3 is 2.14 bits per heavy atom. The summed E-state index contributed by atoms with van der Waals surface area (Å²) in [4.78, 5) is 0. The van der Waals surface area contributed by atoms with E-state index in [1.807, 2.05) is 0 Å². The summed E-state index contributed by atoms with van der Waals surface area (Å²) >= 11 is 0. The molecule has 1 N–H and O–H groups in total. The molecule has 40 valence electrons. The van der Waals surface area contributed by atoms with E-state index in [4.69, 9.17) is 4.55 Å². The fourth-order valence-electron chi connectivity index (χ4n) is 0.0860. The SMILES string of the molecule is [B]COS(=O)(=O)O. The smallest absolute Gasteiger partial charge is 0.264 e. The van der Waals surface area contributed by atoms with Gasteiger partial charge in [-0.3, -0.25) is 8.74 Å². The number of rotatable bonds is 2. The molecule has 0 rings (SSSR count). The van der Waals surface area contributed by atoms with Crippen molar-refractivity contribution in [3.8, 4) is 0 Å². The first-order valence-electron chi connectivity index (χ1n) is 1.38. The fourth-order valence-corrected chi connectivity index (χ4v) is 0.258. The van der Waals surface area contributed by atoms with Crippen LogP contribution < -0.4 is 0 Å². The fraction of sp³-hybridized carbons (Fsp3) is 1.00.